The van der Waals surface area contributed by atoms with Crippen molar-refractivity contribution >= 4 is 17.8 Å². The molecule has 0 fully saturated rings. The predicted octanol–water partition coefficient (Wildman–Crippen LogP) is 3.97. The van der Waals surface area contributed by atoms with Crippen LogP contribution >= 0.6 is 0 Å². The number of hydrogen-bond donors (Lipinski definition) is 2. The number of para-hydroxylation sites is 1. The summed E-state index contributed by atoms with van der Waals surface area (Å²) in [6.45, 7) is 3.07. The smallest absolute Gasteiger partial charge is 0.425 e. The van der Waals surface area contributed by atoms with E-state index in [0.717, 1.165) is 0 Å². The first-order chi connectivity index (χ1) is 13.2. The highest BCUT2D eigenvalue weighted by Gasteiger charge is 2.24. The van der Waals surface area contributed by atoms with Crippen molar-refractivity contribution in [2.45, 2.75) is 20.1 Å². The first-order valence-electron chi connectivity index (χ1n) is 8.17. The van der Waals surface area contributed by atoms with Gasteiger partial charge in [-0.3, -0.25) is 4.79 Å². The Morgan fingerprint density at radius 2 is 2.07 bits per heavy atom. The number of hydrogen-bond acceptors (Lipinski definition) is 4. The number of benzene rings is 1. The van der Waals surface area contributed by atoms with Crippen molar-refractivity contribution in [2.24, 2.45) is 5.73 Å². The molecule has 6 nitrogen and oxygen atoms in total. The number of nitrogens with two attached hydrogens (primary N) is 1. The predicted molar refractivity (Wildman–Crippen MR) is 100.0 cm³/mol. The summed E-state index contributed by atoms with van der Waals surface area (Å²) in [5.41, 5.74) is 5.40. The lowest BCUT2D eigenvalue weighted by Crippen LogP contribution is -2.31. The monoisotopic (exact) mass is 392 g/mol. The van der Waals surface area contributed by atoms with Gasteiger partial charge in [-0.15, -0.1) is 13.9 Å². The quantitative estimate of drug-likeness (QED) is 0.234. The molecule has 0 unspecified atom stereocenters. The molecule has 0 aliphatic heterocycles. The minimum Gasteiger partial charge on any atom is -0.425 e. The van der Waals surface area contributed by atoms with Crippen LogP contribution in [0.25, 0.3) is 11.3 Å². The topological polar surface area (TPSA) is 82.2 Å². The second-order valence-electron chi connectivity index (χ2n) is 5.61. The molecule has 3 N–H and O–H groups in total. The number of carbonyl (C=O) groups excluding carboxylic acids is 1. The van der Waals surface area contributed by atoms with E-state index in [9.17, 15) is 18.0 Å². The van der Waals surface area contributed by atoms with E-state index in [1.807, 2.05) is 0 Å². The van der Waals surface area contributed by atoms with Gasteiger partial charge >= 0.3 is 6.23 Å². The van der Waals surface area contributed by atoms with E-state index in [1.54, 1.807) is 31.2 Å². The molecule has 2 rings (SSSR count). The molecular formula is C19H19F3N4O2. The first-order valence-corrected chi connectivity index (χ1v) is 8.17. The van der Waals surface area contributed by atoms with E-state index < -0.39 is 12.0 Å². The second-order valence-corrected chi connectivity index (χ2v) is 5.61. The number of alkyl halides is 2. The van der Waals surface area contributed by atoms with Crippen LogP contribution in [-0.2, 0) is 9.53 Å². The molecule has 1 aromatic heterocycles. The van der Waals surface area contributed by atoms with Gasteiger partial charge in [0, 0.05) is 11.6 Å². The van der Waals surface area contributed by atoms with E-state index in [2.05, 4.69) is 20.9 Å². The Balaban J connectivity index is 2.64. The third-order valence-corrected chi connectivity index (χ3v) is 3.42. The lowest BCUT2D eigenvalue weighted by Gasteiger charge is -2.14. The van der Waals surface area contributed by atoms with Gasteiger partial charge in [0.15, 0.2) is 5.82 Å². The number of rotatable bonds is 8. The van der Waals surface area contributed by atoms with Gasteiger partial charge in [0.05, 0.1) is 5.69 Å². The summed E-state index contributed by atoms with van der Waals surface area (Å²) in [6, 6.07) is 7.35. The van der Waals surface area contributed by atoms with Crippen LogP contribution in [0.1, 0.15) is 19.5 Å². The maximum absolute atomic E-state index is 14.3. The molecule has 0 radical (unpaired) electrons. The molecule has 0 aliphatic rings. The molecule has 9 heteroatoms. The van der Waals surface area contributed by atoms with E-state index in [1.165, 1.54) is 41.9 Å². The molecule has 0 bridgehead atoms. The van der Waals surface area contributed by atoms with Crippen LogP contribution in [0.15, 0.2) is 60.4 Å². The zero-order chi connectivity index (χ0) is 20.7. The lowest BCUT2D eigenvalue weighted by molar-refractivity contribution is -0.208. The standard InChI is InChI=1S/C19H19F3N4O2/c1-3-4-7-14(10-13(2)28-19(21,22)23)17-11-18(24-12-27)25-26(17)16-9-6-5-8-15(16)20/h3-12H,23H2,1-2H3,(H,24,25,27)/b4-3-,13-10+,14-7+. The summed E-state index contributed by atoms with van der Waals surface area (Å²) >= 11 is 0. The maximum Gasteiger partial charge on any atom is 0.466 e. The largest absolute Gasteiger partial charge is 0.466 e. The minimum absolute atomic E-state index is 0.110. The first kappa shape index (κ1) is 21.0. The van der Waals surface area contributed by atoms with Crippen molar-refractivity contribution in [1.29, 1.82) is 0 Å². The number of anilines is 1. The van der Waals surface area contributed by atoms with Crippen LogP contribution in [0, 0.1) is 5.82 Å². The summed E-state index contributed by atoms with van der Waals surface area (Å²) in [4.78, 5) is 10.8. The van der Waals surface area contributed by atoms with E-state index in [0.29, 0.717) is 17.7 Å². The molecule has 0 atom stereocenters. The van der Waals surface area contributed by atoms with Gasteiger partial charge in [-0.05, 0) is 32.1 Å². The SMILES string of the molecule is C\C=C/C=C(\C=C(/C)OC(N)(F)F)c1cc(NC=O)nn1-c1ccccc1F. The summed E-state index contributed by atoms with van der Waals surface area (Å²) in [7, 11) is 0. The number of amides is 1. The molecule has 148 valence electrons. The Morgan fingerprint density at radius 1 is 1.36 bits per heavy atom. The third-order valence-electron chi connectivity index (χ3n) is 3.42. The fourth-order valence-corrected chi connectivity index (χ4v) is 2.40. The Kier molecular flexibility index (Phi) is 6.78. The zero-order valence-corrected chi connectivity index (χ0v) is 15.2. The third kappa shape index (κ3) is 5.58. The van der Waals surface area contributed by atoms with E-state index in [-0.39, 0.29) is 17.3 Å². The van der Waals surface area contributed by atoms with Crippen LogP contribution in [0.2, 0.25) is 0 Å². The number of aromatic nitrogens is 2. The molecule has 0 aliphatic carbocycles. The van der Waals surface area contributed by atoms with Gasteiger partial charge < -0.3 is 10.1 Å². The summed E-state index contributed by atoms with van der Waals surface area (Å²) in [5, 5.41) is 6.56. The Morgan fingerprint density at radius 3 is 2.68 bits per heavy atom. The molecule has 1 amide bonds. The Hall–Kier alpha value is -3.33. The van der Waals surface area contributed by atoms with Crippen molar-refractivity contribution in [1.82, 2.24) is 9.78 Å². The fraction of sp³-hybridized carbons (Fsp3) is 0.158. The highest BCUT2D eigenvalue weighted by molar-refractivity contribution is 5.78. The average molecular weight is 392 g/mol. The molecule has 0 saturated heterocycles. The number of nitrogens with zero attached hydrogens (tertiary/aromatic N) is 2. The maximum atomic E-state index is 14.3. The van der Waals surface area contributed by atoms with Gasteiger partial charge in [-0.25, -0.2) is 14.8 Å². The molecular weight excluding hydrogens is 373 g/mol. The fourth-order valence-electron chi connectivity index (χ4n) is 2.40. The normalized spacial score (nSPS) is 13.1. The summed E-state index contributed by atoms with van der Waals surface area (Å²) in [5.74, 6) is -0.578. The molecule has 1 heterocycles. The van der Waals surface area contributed by atoms with Crippen LogP contribution in [0.3, 0.4) is 0 Å². The molecule has 0 spiro atoms. The van der Waals surface area contributed by atoms with Gasteiger partial charge in [0.1, 0.15) is 17.3 Å². The number of carbonyl (C=O) groups is 1. The van der Waals surface area contributed by atoms with E-state index >= 15 is 0 Å². The average Bonchev–Trinajstić information content (AvgIpc) is 3.01. The van der Waals surface area contributed by atoms with Gasteiger partial charge in [0.25, 0.3) is 0 Å². The minimum atomic E-state index is -3.84. The molecule has 0 saturated carbocycles. The Labute approximate surface area is 159 Å². The molecule has 1 aromatic carbocycles. The van der Waals surface area contributed by atoms with Crippen LogP contribution in [-0.4, -0.2) is 22.4 Å². The van der Waals surface area contributed by atoms with Crippen molar-refractivity contribution in [3.63, 3.8) is 0 Å². The lowest BCUT2D eigenvalue weighted by atomic mass is 10.1. The number of nitrogens with one attached hydrogen (secondary N) is 1. The highest BCUT2D eigenvalue weighted by Crippen LogP contribution is 2.27. The van der Waals surface area contributed by atoms with Crippen LogP contribution in [0.5, 0.6) is 0 Å². The molecule has 2 aromatic rings. The van der Waals surface area contributed by atoms with Gasteiger partial charge in [0.2, 0.25) is 6.41 Å². The van der Waals surface area contributed by atoms with Crippen LogP contribution in [0.4, 0.5) is 19.0 Å². The van der Waals surface area contributed by atoms with Crippen LogP contribution < -0.4 is 11.1 Å². The number of halogens is 3. The second kappa shape index (κ2) is 9.05. The van der Waals surface area contributed by atoms with Gasteiger partial charge in [-0.2, -0.15) is 0 Å². The summed E-state index contributed by atoms with van der Waals surface area (Å²) in [6.07, 6.45) is 2.86. The number of ether oxygens (including phenoxy) is 1. The Bertz CT molecular complexity index is 928. The molecule has 28 heavy (non-hydrogen) atoms. The van der Waals surface area contributed by atoms with Crippen molar-refractivity contribution in [3.8, 4) is 5.69 Å². The zero-order valence-electron chi connectivity index (χ0n) is 15.2. The van der Waals surface area contributed by atoms with Crippen molar-refractivity contribution in [3.05, 3.63) is 71.9 Å². The number of allylic oxidation sites excluding steroid dienone is 6. The van der Waals surface area contributed by atoms with Crippen molar-refractivity contribution < 1.29 is 22.7 Å². The van der Waals surface area contributed by atoms with Gasteiger partial charge in [-0.1, -0.05) is 30.4 Å². The highest BCUT2D eigenvalue weighted by atomic mass is 19.3. The van der Waals surface area contributed by atoms with E-state index in [4.69, 9.17) is 0 Å². The summed E-state index contributed by atoms with van der Waals surface area (Å²) < 4.78 is 45.8. The van der Waals surface area contributed by atoms with Crippen molar-refractivity contribution in [2.75, 3.05) is 5.32 Å².